The van der Waals surface area contributed by atoms with Crippen LogP contribution in [-0.4, -0.2) is 51.6 Å². The lowest BCUT2D eigenvalue weighted by atomic mass is 9.93. The Balaban J connectivity index is 1.13. The van der Waals surface area contributed by atoms with Gasteiger partial charge >= 0.3 is 0 Å². The molecule has 1 aromatic carbocycles. The predicted molar refractivity (Wildman–Crippen MR) is 127 cm³/mol. The average Bonchev–Trinajstić information content (AvgIpc) is 3.21. The van der Waals surface area contributed by atoms with Gasteiger partial charge in [0.1, 0.15) is 12.0 Å². The molecule has 192 valence electrons. The number of nitriles is 1. The van der Waals surface area contributed by atoms with Crippen molar-refractivity contribution >= 4 is 34.7 Å². The van der Waals surface area contributed by atoms with E-state index in [-0.39, 0.29) is 13.2 Å². The molecule has 1 atom stereocenters. The van der Waals surface area contributed by atoms with Crippen LogP contribution in [0.5, 0.6) is 11.5 Å². The highest BCUT2D eigenvalue weighted by molar-refractivity contribution is 7.99. The molecule has 0 spiro atoms. The fourth-order valence-electron chi connectivity index (χ4n) is 4.86. The fourth-order valence-corrected chi connectivity index (χ4v) is 5.73. The molecule has 1 saturated carbocycles. The maximum absolute atomic E-state index is 13.3. The monoisotopic (exact) mass is 528 g/mol. The molecule has 0 bridgehead atoms. The molecular formula is C24H24F2N7O3S+. The quantitative estimate of drug-likeness (QED) is 0.467. The number of aromatic nitrogens is 4. The van der Waals surface area contributed by atoms with Crippen LogP contribution >= 0.6 is 11.8 Å². The molecule has 0 radical (unpaired) electrons. The predicted octanol–water partition coefficient (Wildman–Crippen LogP) is 2.86. The van der Waals surface area contributed by atoms with Gasteiger partial charge in [-0.15, -0.1) is 0 Å². The normalized spacial score (nSPS) is 20.2. The van der Waals surface area contributed by atoms with Crippen molar-refractivity contribution < 1.29 is 27.6 Å². The number of nitrogens with one attached hydrogen (secondary N) is 1. The second-order valence-corrected chi connectivity index (χ2v) is 10.6. The van der Waals surface area contributed by atoms with Gasteiger partial charge in [-0.3, -0.25) is 4.79 Å². The third-order valence-electron chi connectivity index (χ3n) is 7.16. The molecule has 2 fully saturated rings. The van der Waals surface area contributed by atoms with Crippen LogP contribution in [-0.2, 0) is 11.3 Å². The van der Waals surface area contributed by atoms with E-state index in [0.29, 0.717) is 69.6 Å². The summed E-state index contributed by atoms with van der Waals surface area (Å²) < 4.78 is 39.2. The molecule has 3 N–H and O–H groups in total. The average molecular weight is 529 g/mol. The Bertz CT molecular complexity index is 1430. The Hall–Kier alpha value is -3.66. The number of amides is 1. The number of nitrogens with zero attached hydrogens (tertiary/aromatic N) is 5. The van der Waals surface area contributed by atoms with Crippen LogP contribution in [0.4, 0.5) is 14.6 Å². The van der Waals surface area contributed by atoms with Crippen molar-refractivity contribution in [1.29, 1.82) is 5.26 Å². The van der Waals surface area contributed by atoms with Crippen LogP contribution in [0, 0.1) is 23.2 Å². The van der Waals surface area contributed by atoms with Gasteiger partial charge in [0.15, 0.2) is 17.0 Å². The first-order valence-corrected chi connectivity index (χ1v) is 12.9. The van der Waals surface area contributed by atoms with Crippen molar-refractivity contribution in [3.8, 4) is 17.6 Å². The minimum atomic E-state index is -2.82. The molecule has 37 heavy (non-hydrogen) atoms. The number of carbonyl (C=O) groups is 1. The zero-order valence-electron chi connectivity index (χ0n) is 19.7. The summed E-state index contributed by atoms with van der Waals surface area (Å²) in [5, 5.41) is 10.1. The van der Waals surface area contributed by atoms with Crippen molar-refractivity contribution in [2.45, 2.75) is 48.2 Å². The van der Waals surface area contributed by atoms with E-state index in [9.17, 15) is 18.8 Å². The maximum Gasteiger partial charge on any atom is 0.294 e. The van der Waals surface area contributed by atoms with Crippen molar-refractivity contribution in [3.63, 3.8) is 0 Å². The van der Waals surface area contributed by atoms with Gasteiger partial charge in [0, 0.05) is 30.5 Å². The molecule has 1 unspecified atom stereocenters. The molecule has 2 aromatic heterocycles. The van der Waals surface area contributed by atoms with Crippen molar-refractivity contribution in [2.24, 2.45) is 11.8 Å². The lowest BCUT2D eigenvalue weighted by molar-refractivity contribution is -0.677. The van der Waals surface area contributed by atoms with E-state index in [1.165, 1.54) is 11.8 Å². The molecule has 2 aliphatic heterocycles. The second kappa shape index (κ2) is 9.02. The van der Waals surface area contributed by atoms with E-state index in [1.54, 1.807) is 23.4 Å². The number of H-pyrrole nitrogens is 1. The molecule has 13 heteroatoms. The van der Waals surface area contributed by atoms with Gasteiger partial charge in [-0.25, -0.2) is 13.3 Å². The largest absolute Gasteiger partial charge is 0.454 e. The minimum absolute atomic E-state index is 0.118. The first-order valence-electron chi connectivity index (χ1n) is 12.0. The summed E-state index contributed by atoms with van der Waals surface area (Å²) in [4.78, 5) is 26.7. The number of alkyl halides is 2. The Morgan fingerprint density at radius 1 is 1.32 bits per heavy atom. The van der Waals surface area contributed by atoms with E-state index in [4.69, 9.17) is 20.2 Å². The van der Waals surface area contributed by atoms with Crippen LogP contribution in [0.1, 0.15) is 31.2 Å². The zero-order valence-corrected chi connectivity index (χ0v) is 20.6. The number of benzene rings is 1. The van der Waals surface area contributed by atoms with E-state index >= 15 is 0 Å². The summed E-state index contributed by atoms with van der Waals surface area (Å²) in [5.74, 6) is -2.56. The number of rotatable bonds is 6. The van der Waals surface area contributed by atoms with Gasteiger partial charge in [-0.1, -0.05) is 9.97 Å². The molecule has 3 aliphatic rings. The van der Waals surface area contributed by atoms with Gasteiger partial charge in [0.25, 0.3) is 11.6 Å². The summed E-state index contributed by atoms with van der Waals surface area (Å²) in [6, 6.07) is 5.59. The van der Waals surface area contributed by atoms with E-state index < -0.39 is 17.7 Å². The molecule has 1 saturated heterocycles. The number of halogens is 2. The number of fused-ring (bicyclic) bond motifs is 2. The smallest absolute Gasteiger partial charge is 0.294 e. The topological polar surface area (TPSA) is 134 Å². The van der Waals surface area contributed by atoms with Crippen molar-refractivity contribution in [3.05, 3.63) is 24.0 Å². The number of anilines is 1. The van der Waals surface area contributed by atoms with E-state index in [2.05, 4.69) is 16.0 Å². The number of aryl methyl sites for hydroxylation is 1. The molecule has 1 amide bonds. The van der Waals surface area contributed by atoms with Crippen molar-refractivity contribution in [1.82, 2.24) is 19.9 Å². The first-order chi connectivity index (χ1) is 17.8. The van der Waals surface area contributed by atoms with E-state index in [0.717, 1.165) is 19.3 Å². The van der Waals surface area contributed by atoms with Crippen LogP contribution in [0.25, 0.3) is 11.2 Å². The van der Waals surface area contributed by atoms with E-state index in [1.807, 2.05) is 4.57 Å². The maximum atomic E-state index is 13.3. The third-order valence-corrected chi connectivity index (χ3v) is 8.10. The summed E-state index contributed by atoms with van der Waals surface area (Å²) in [7, 11) is 0. The van der Waals surface area contributed by atoms with Gasteiger partial charge in [0.2, 0.25) is 30.0 Å². The van der Waals surface area contributed by atoms with Crippen LogP contribution in [0.15, 0.2) is 28.5 Å². The highest BCUT2D eigenvalue weighted by atomic mass is 32.2. The zero-order chi connectivity index (χ0) is 25.7. The van der Waals surface area contributed by atoms with Gasteiger partial charge in [-0.2, -0.15) is 5.26 Å². The highest BCUT2D eigenvalue weighted by Gasteiger charge is 2.62. The first kappa shape index (κ1) is 23.7. The van der Waals surface area contributed by atoms with Gasteiger partial charge in [0.05, 0.1) is 12.1 Å². The molecule has 4 heterocycles. The molecule has 3 aromatic rings. The number of likely N-dealkylation sites (tertiary alicyclic amines) is 1. The van der Waals surface area contributed by atoms with Gasteiger partial charge < -0.3 is 25.1 Å². The Morgan fingerprint density at radius 3 is 2.76 bits per heavy atom. The number of ether oxygens (including phenoxy) is 2. The van der Waals surface area contributed by atoms with Crippen LogP contribution < -0.4 is 19.8 Å². The Labute approximate surface area is 214 Å². The summed E-state index contributed by atoms with van der Waals surface area (Å²) in [6.45, 7) is 1.78. The summed E-state index contributed by atoms with van der Waals surface area (Å²) in [5.41, 5.74) is 7.81. The van der Waals surface area contributed by atoms with Gasteiger partial charge in [-0.05, 0) is 43.0 Å². The molecule has 1 aliphatic carbocycles. The fraction of sp³-hybridized carbons (Fsp3) is 0.458. The number of piperidine rings is 1. The summed E-state index contributed by atoms with van der Waals surface area (Å²) in [6.07, 6.45) is 3.72. The Kier molecular flexibility index (Phi) is 5.78. The Morgan fingerprint density at radius 2 is 2.05 bits per heavy atom. The number of hydrogen-bond donors (Lipinski definition) is 2. The highest BCUT2D eigenvalue weighted by Crippen LogP contribution is 2.49. The SMILES string of the molecule is N#Cc1cc2c(cc1Sc1nc3c([nH]1)c(N)nc[n+]3CCC1CCN(C(=O)C3CC3(F)F)CC1)OCO2. The number of nitrogens with two attached hydrogens (primary N) is 1. The number of aromatic amines is 1. The lowest BCUT2D eigenvalue weighted by Crippen LogP contribution is -2.42. The minimum Gasteiger partial charge on any atom is -0.454 e. The molecule has 6 rings (SSSR count). The summed E-state index contributed by atoms with van der Waals surface area (Å²) >= 11 is 1.29. The third kappa shape index (κ3) is 4.50. The standard InChI is InChI=1S/C24H23F2N7O3S/c25-24(26)9-15(24)22(34)32-4-1-13(2-5-32)3-6-33-11-29-20(28)19-21(33)31-23(30-19)37-18-8-17-16(35-12-36-17)7-14(18)10-27/h7-8,11,13,15H,1-6,9,12H2,(H2,28,30,31)/p+1. The molecular weight excluding hydrogens is 504 g/mol. The molecule has 10 nitrogen and oxygen atoms in total. The number of carbonyl (C=O) groups excluding carboxylic acids is 1. The number of hydrogen-bond acceptors (Lipinski definition) is 8. The number of nitrogen functional groups attached to an aromatic ring is 1. The van der Waals surface area contributed by atoms with Crippen LogP contribution in [0.2, 0.25) is 0 Å². The van der Waals surface area contributed by atoms with Crippen molar-refractivity contribution in [2.75, 3.05) is 25.6 Å². The number of imidazole rings is 1. The lowest BCUT2D eigenvalue weighted by Gasteiger charge is -2.32. The van der Waals surface area contributed by atoms with Crippen LogP contribution in [0.3, 0.4) is 0 Å². The second-order valence-electron chi connectivity index (χ2n) is 9.55.